The maximum Gasteiger partial charge on any atom is 0.0841 e. The lowest BCUT2D eigenvalue weighted by Gasteiger charge is -2.37. The van der Waals surface area contributed by atoms with Crippen LogP contribution in [-0.4, -0.2) is 60.5 Å². The van der Waals surface area contributed by atoms with Crippen molar-refractivity contribution in [2.75, 3.05) is 31.1 Å². The van der Waals surface area contributed by atoms with Gasteiger partial charge in [0.05, 0.1) is 18.3 Å². The van der Waals surface area contributed by atoms with Crippen molar-refractivity contribution in [1.29, 1.82) is 0 Å². The van der Waals surface area contributed by atoms with Gasteiger partial charge in [0.15, 0.2) is 0 Å². The molecule has 0 saturated carbocycles. The Bertz CT molecular complexity index is 498. The van der Waals surface area contributed by atoms with Crippen LogP contribution < -0.4 is 4.90 Å². The first-order chi connectivity index (χ1) is 10.5. The minimum absolute atomic E-state index is 0.252. The minimum atomic E-state index is -0.328. The fraction of sp³-hybridized carbons (Fsp3) is 0.667. The number of fused-ring (bicyclic) bond motifs is 1. The molecule has 122 valence electrons. The number of aliphatic hydroxyl groups excluding tert-OH is 1. The number of rotatable bonds is 4. The lowest BCUT2D eigenvalue weighted by atomic mass is 10.1. The van der Waals surface area contributed by atoms with Crippen molar-refractivity contribution in [2.45, 2.75) is 51.5 Å². The highest BCUT2D eigenvalue weighted by molar-refractivity contribution is 5.59. The molecular weight excluding hydrogens is 276 g/mol. The lowest BCUT2D eigenvalue weighted by Crippen LogP contribution is -2.50. The van der Waals surface area contributed by atoms with Gasteiger partial charge in [-0.05, 0) is 38.8 Å². The summed E-state index contributed by atoms with van der Waals surface area (Å²) in [5.74, 6) is 0. The van der Waals surface area contributed by atoms with Crippen molar-refractivity contribution in [2.24, 2.45) is 0 Å². The molecule has 0 aliphatic carbocycles. The SMILES string of the molecule is CC1CN(CC(O)CN2c3ccccc3CC2C)CC(C)O1. The molecule has 3 rings (SSSR count). The number of aliphatic hydroxyl groups is 1. The van der Waals surface area contributed by atoms with E-state index >= 15 is 0 Å². The van der Waals surface area contributed by atoms with E-state index in [2.05, 4.69) is 54.8 Å². The Hall–Kier alpha value is -1.10. The number of para-hydroxylation sites is 1. The molecule has 0 radical (unpaired) electrons. The Morgan fingerprint density at radius 3 is 2.55 bits per heavy atom. The Kier molecular flexibility index (Phi) is 4.71. The Labute approximate surface area is 133 Å². The third kappa shape index (κ3) is 3.45. The molecule has 1 aromatic rings. The number of hydrogen-bond acceptors (Lipinski definition) is 4. The second-order valence-electron chi connectivity index (χ2n) is 6.96. The monoisotopic (exact) mass is 304 g/mol. The summed E-state index contributed by atoms with van der Waals surface area (Å²) in [7, 11) is 0. The molecule has 4 atom stereocenters. The van der Waals surface area contributed by atoms with Crippen molar-refractivity contribution in [3.63, 3.8) is 0 Å². The van der Waals surface area contributed by atoms with Gasteiger partial charge in [-0.3, -0.25) is 4.90 Å². The standard InChI is InChI=1S/C18H28N2O2/c1-13-8-16-6-4-5-7-18(16)20(13)12-17(21)11-19-9-14(2)22-15(3)10-19/h4-7,13-15,17,21H,8-12H2,1-3H3. The summed E-state index contributed by atoms with van der Waals surface area (Å²) in [6.07, 6.45) is 1.25. The van der Waals surface area contributed by atoms with Crippen molar-refractivity contribution < 1.29 is 9.84 Å². The van der Waals surface area contributed by atoms with Crippen molar-refractivity contribution in [3.05, 3.63) is 29.8 Å². The molecule has 0 aromatic heterocycles. The van der Waals surface area contributed by atoms with Gasteiger partial charge >= 0.3 is 0 Å². The Balaban J connectivity index is 1.59. The molecule has 1 N–H and O–H groups in total. The number of morpholine rings is 1. The Morgan fingerprint density at radius 1 is 1.14 bits per heavy atom. The van der Waals surface area contributed by atoms with Gasteiger partial charge in [0.2, 0.25) is 0 Å². The van der Waals surface area contributed by atoms with Gasteiger partial charge in [-0.15, -0.1) is 0 Å². The second-order valence-corrected chi connectivity index (χ2v) is 6.96. The number of nitrogens with zero attached hydrogens (tertiary/aromatic N) is 2. The third-order valence-electron chi connectivity index (χ3n) is 4.72. The molecule has 4 nitrogen and oxygen atoms in total. The summed E-state index contributed by atoms with van der Waals surface area (Å²) in [4.78, 5) is 4.68. The van der Waals surface area contributed by atoms with Crippen LogP contribution in [0.15, 0.2) is 24.3 Å². The smallest absolute Gasteiger partial charge is 0.0841 e. The predicted octanol–water partition coefficient (Wildman–Crippen LogP) is 1.91. The largest absolute Gasteiger partial charge is 0.390 e. The van der Waals surface area contributed by atoms with Gasteiger partial charge in [-0.25, -0.2) is 0 Å². The molecule has 4 unspecified atom stereocenters. The average molecular weight is 304 g/mol. The van der Waals surface area contributed by atoms with Crippen molar-refractivity contribution in [3.8, 4) is 0 Å². The van der Waals surface area contributed by atoms with E-state index in [0.717, 1.165) is 26.1 Å². The van der Waals surface area contributed by atoms with Crippen LogP contribution in [0.25, 0.3) is 0 Å². The van der Waals surface area contributed by atoms with E-state index in [1.807, 2.05) is 0 Å². The summed E-state index contributed by atoms with van der Waals surface area (Å²) >= 11 is 0. The molecule has 2 aliphatic heterocycles. The first-order valence-electron chi connectivity index (χ1n) is 8.43. The molecule has 4 heteroatoms. The lowest BCUT2D eigenvalue weighted by molar-refractivity contribution is -0.0759. The zero-order chi connectivity index (χ0) is 15.7. The van der Waals surface area contributed by atoms with E-state index in [4.69, 9.17) is 4.74 Å². The van der Waals surface area contributed by atoms with Crippen LogP contribution in [0.2, 0.25) is 0 Å². The molecule has 1 aromatic carbocycles. The fourth-order valence-electron chi connectivity index (χ4n) is 3.92. The third-order valence-corrected chi connectivity index (χ3v) is 4.72. The van der Waals surface area contributed by atoms with E-state index in [-0.39, 0.29) is 18.3 Å². The van der Waals surface area contributed by atoms with Crippen molar-refractivity contribution >= 4 is 5.69 Å². The normalized spacial score (nSPS) is 30.4. The number of benzene rings is 1. The number of ether oxygens (including phenoxy) is 1. The maximum absolute atomic E-state index is 10.6. The van der Waals surface area contributed by atoms with E-state index in [0.29, 0.717) is 12.6 Å². The topological polar surface area (TPSA) is 35.9 Å². The van der Waals surface area contributed by atoms with Crippen LogP contribution >= 0.6 is 0 Å². The molecular formula is C18H28N2O2. The highest BCUT2D eigenvalue weighted by Gasteiger charge is 2.29. The van der Waals surface area contributed by atoms with Gasteiger partial charge < -0.3 is 14.7 Å². The fourth-order valence-corrected chi connectivity index (χ4v) is 3.92. The first-order valence-corrected chi connectivity index (χ1v) is 8.43. The average Bonchev–Trinajstić information content (AvgIpc) is 2.74. The van der Waals surface area contributed by atoms with Crippen LogP contribution in [0.4, 0.5) is 5.69 Å². The number of anilines is 1. The highest BCUT2D eigenvalue weighted by Crippen LogP contribution is 2.31. The molecule has 1 saturated heterocycles. The first kappa shape index (κ1) is 15.8. The van der Waals surface area contributed by atoms with Gasteiger partial charge in [-0.1, -0.05) is 18.2 Å². The summed E-state index contributed by atoms with van der Waals surface area (Å²) in [5.41, 5.74) is 2.69. The van der Waals surface area contributed by atoms with Crippen LogP contribution in [0.1, 0.15) is 26.3 Å². The van der Waals surface area contributed by atoms with Crippen LogP contribution in [0.3, 0.4) is 0 Å². The van der Waals surface area contributed by atoms with Crippen LogP contribution in [0.5, 0.6) is 0 Å². The zero-order valence-electron chi connectivity index (χ0n) is 13.9. The summed E-state index contributed by atoms with van der Waals surface area (Å²) < 4.78 is 5.76. The van der Waals surface area contributed by atoms with Crippen molar-refractivity contribution in [1.82, 2.24) is 4.90 Å². The predicted molar refractivity (Wildman–Crippen MR) is 89.4 cm³/mol. The molecule has 2 heterocycles. The van der Waals surface area contributed by atoms with Gasteiger partial charge in [0, 0.05) is 37.9 Å². The molecule has 1 fully saturated rings. The molecule has 2 aliphatic rings. The quantitative estimate of drug-likeness (QED) is 0.922. The van der Waals surface area contributed by atoms with Gasteiger partial charge in [0.25, 0.3) is 0 Å². The number of β-amino-alcohol motifs (C(OH)–C–C–N with tert-alkyl or cyclic N) is 1. The summed E-state index contributed by atoms with van der Waals surface area (Å²) in [5, 5.41) is 10.6. The molecule has 22 heavy (non-hydrogen) atoms. The van der Waals surface area contributed by atoms with Crippen LogP contribution in [0, 0.1) is 0 Å². The van der Waals surface area contributed by atoms with Crippen LogP contribution in [-0.2, 0) is 11.2 Å². The zero-order valence-corrected chi connectivity index (χ0v) is 13.9. The molecule has 0 amide bonds. The Morgan fingerprint density at radius 2 is 1.82 bits per heavy atom. The van der Waals surface area contributed by atoms with Gasteiger partial charge in [0.1, 0.15) is 0 Å². The van der Waals surface area contributed by atoms with E-state index in [9.17, 15) is 5.11 Å². The highest BCUT2D eigenvalue weighted by atomic mass is 16.5. The van der Waals surface area contributed by atoms with Gasteiger partial charge in [-0.2, -0.15) is 0 Å². The second kappa shape index (κ2) is 6.57. The minimum Gasteiger partial charge on any atom is -0.390 e. The summed E-state index contributed by atoms with van der Waals surface area (Å²) in [6.45, 7) is 9.70. The molecule has 0 bridgehead atoms. The van der Waals surface area contributed by atoms with E-state index in [1.165, 1.54) is 11.3 Å². The maximum atomic E-state index is 10.6. The molecule has 0 spiro atoms. The van der Waals surface area contributed by atoms with E-state index in [1.54, 1.807) is 0 Å². The summed E-state index contributed by atoms with van der Waals surface area (Å²) in [6, 6.07) is 9.02. The number of hydrogen-bond donors (Lipinski definition) is 1. The van der Waals surface area contributed by atoms with E-state index < -0.39 is 0 Å².